The first-order valence-corrected chi connectivity index (χ1v) is 9.47. The van der Waals surface area contributed by atoms with E-state index in [0.29, 0.717) is 19.5 Å². The molecule has 0 saturated carbocycles. The summed E-state index contributed by atoms with van der Waals surface area (Å²) in [7, 11) is 3.85. The second-order valence-electron chi connectivity index (χ2n) is 6.98. The summed E-state index contributed by atoms with van der Waals surface area (Å²) in [6.07, 6.45) is 1.67. The molecule has 1 saturated heterocycles. The lowest BCUT2D eigenvalue weighted by molar-refractivity contribution is -0.128. The third-order valence-electron chi connectivity index (χ3n) is 4.85. The van der Waals surface area contributed by atoms with Gasteiger partial charge in [-0.05, 0) is 23.1 Å². The van der Waals surface area contributed by atoms with E-state index in [1.54, 1.807) is 7.05 Å². The number of rotatable bonds is 6. The van der Waals surface area contributed by atoms with Gasteiger partial charge < -0.3 is 15.1 Å². The Hall–Kier alpha value is -2.09. The van der Waals surface area contributed by atoms with Gasteiger partial charge in [0, 0.05) is 46.7 Å². The van der Waals surface area contributed by atoms with E-state index in [1.807, 2.05) is 18.0 Å². The van der Waals surface area contributed by atoms with Gasteiger partial charge in [0.1, 0.15) is 0 Å². The average Bonchev–Trinajstić information content (AvgIpc) is 3.09. The van der Waals surface area contributed by atoms with Gasteiger partial charge in [-0.15, -0.1) is 24.0 Å². The first-order chi connectivity index (χ1) is 13.2. The fourth-order valence-corrected chi connectivity index (χ4v) is 3.35. The van der Waals surface area contributed by atoms with Gasteiger partial charge in [0.2, 0.25) is 5.91 Å². The zero-order valence-corrected chi connectivity index (χ0v) is 18.9. The van der Waals surface area contributed by atoms with Crippen molar-refractivity contribution in [2.24, 2.45) is 4.99 Å². The number of nitrogens with zero attached hydrogens (tertiary/aromatic N) is 3. The summed E-state index contributed by atoms with van der Waals surface area (Å²) >= 11 is 0. The highest BCUT2D eigenvalue weighted by Gasteiger charge is 2.19. The SMILES string of the molecule is CN=C(NCc1ccc(CN2CCCC2=O)cc1)N(C)Cc1ccccc1.I. The van der Waals surface area contributed by atoms with Crippen LogP contribution in [-0.4, -0.2) is 42.3 Å². The number of aliphatic imine (C=N–C) groups is 1. The van der Waals surface area contributed by atoms with Crippen molar-refractivity contribution < 1.29 is 4.79 Å². The number of halogens is 1. The highest BCUT2D eigenvalue weighted by atomic mass is 127. The van der Waals surface area contributed by atoms with Crippen molar-refractivity contribution in [3.8, 4) is 0 Å². The topological polar surface area (TPSA) is 47.9 Å². The molecule has 0 radical (unpaired) electrons. The van der Waals surface area contributed by atoms with Crippen molar-refractivity contribution in [1.29, 1.82) is 0 Å². The molecule has 0 bridgehead atoms. The number of benzene rings is 2. The van der Waals surface area contributed by atoms with Crippen LogP contribution in [0.1, 0.15) is 29.5 Å². The third-order valence-corrected chi connectivity index (χ3v) is 4.85. The summed E-state index contributed by atoms with van der Waals surface area (Å²) in [5.74, 6) is 1.14. The standard InChI is InChI=1S/C22H28N4O.HI/c1-23-22(25(2)16-19-7-4-3-5-8-19)24-15-18-10-12-20(13-11-18)17-26-14-6-9-21(26)27;/h3-5,7-8,10-13H,6,9,14-17H2,1-2H3,(H,23,24);1H. The first-order valence-electron chi connectivity index (χ1n) is 9.47. The molecule has 3 rings (SSSR count). The van der Waals surface area contributed by atoms with Crippen LogP contribution < -0.4 is 5.32 Å². The highest BCUT2D eigenvalue weighted by Crippen LogP contribution is 2.14. The third kappa shape index (κ3) is 6.22. The van der Waals surface area contributed by atoms with Gasteiger partial charge in [0.05, 0.1) is 0 Å². The van der Waals surface area contributed by atoms with Crippen molar-refractivity contribution in [2.45, 2.75) is 32.5 Å². The highest BCUT2D eigenvalue weighted by molar-refractivity contribution is 14.0. The maximum Gasteiger partial charge on any atom is 0.222 e. The van der Waals surface area contributed by atoms with E-state index in [4.69, 9.17) is 0 Å². The van der Waals surface area contributed by atoms with E-state index >= 15 is 0 Å². The number of hydrogen-bond acceptors (Lipinski definition) is 2. The van der Waals surface area contributed by atoms with E-state index < -0.39 is 0 Å². The van der Waals surface area contributed by atoms with Crippen LogP contribution in [0, 0.1) is 0 Å². The van der Waals surface area contributed by atoms with Crippen LogP contribution >= 0.6 is 24.0 Å². The van der Waals surface area contributed by atoms with Gasteiger partial charge in [0.15, 0.2) is 5.96 Å². The summed E-state index contributed by atoms with van der Waals surface area (Å²) in [5, 5.41) is 3.42. The molecule has 150 valence electrons. The molecule has 1 aliphatic heterocycles. The molecule has 6 heteroatoms. The molecule has 0 unspecified atom stereocenters. The summed E-state index contributed by atoms with van der Waals surface area (Å²) in [6, 6.07) is 18.8. The van der Waals surface area contributed by atoms with Crippen molar-refractivity contribution >= 4 is 35.8 Å². The lowest BCUT2D eigenvalue weighted by atomic mass is 10.1. The number of amides is 1. The van der Waals surface area contributed by atoms with Crippen LogP contribution in [-0.2, 0) is 24.4 Å². The Morgan fingerprint density at radius 2 is 1.75 bits per heavy atom. The Kier molecular flexibility index (Phi) is 8.76. The molecule has 1 heterocycles. The quantitative estimate of drug-likeness (QED) is 0.381. The Labute approximate surface area is 184 Å². The van der Waals surface area contributed by atoms with Gasteiger partial charge >= 0.3 is 0 Å². The van der Waals surface area contributed by atoms with E-state index in [1.165, 1.54) is 16.7 Å². The molecule has 0 aliphatic carbocycles. The maximum absolute atomic E-state index is 11.7. The van der Waals surface area contributed by atoms with E-state index in [-0.39, 0.29) is 29.9 Å². The summed E-state index contributed by atoms with van der Waals surface area (Å²) in [6.45, 7) is 3.12. The largest absolute Gasteiger partial charge is 0.352 e. The lowest BCUT2D eigenvalue weighted by Gasteiger charge is -2.22. The fourth-order valence-electron chi connectivity index (χ4n) is 3.35. The second-order valence-corrected chi connectivity index (χ2v) is 6.98. The molecule has 5 nitrogen and oxygen atoms in total. The Bertz CT molecular complexity index is 777. The predicted octanol–water partition coefficient (Wildman–Crippen LogP) is 3.63. The van der Waals surface area contributed by atoms with Crippen molar-refractivity contribution in [2.75, 3.05) is 20.6 Å². The minimum absolute atomic E-state index is 0. The van der Waals surface area contributed by atoms with E-state index in [2.05, 4.69) is 63.7 Å². The Balaban J connectivity index is 0.00000280. The molecular weight excluding hydrogens is 463 g/mol. The van der Waals surface area contributed by atoms with Gasteiger partial charge in [-0.25, -0.2) is 0 Å². The van der Waals surface area contributed by atoms with Gasteiger partial charge in [0.25, 0.3) is 0 Å². The van der Waals surface area contributed by atoms with Crippen LogP contribution in [0.3, 0.4) is 0 Å². The van der Waals surface area contributed by atoms with Crippen molar-refractivity contribution in [3.05, 3.63) is 71.3 Å². The minimum Gasteiger partial charge on any atom is -0.352 e. The molecule has 1 fully saturated rings. The molecule has 28 heavy (non-hydrogen) atoms. The zero-order valence-electron chi connectivity index (χ0n) is 16.6. The summed E-state index contributed by atoms with van der Waals surface area (Å²) in [5.41, 5.74) is 3.63. The van der Waals surface area contributed by atoms with Crippen LogP contribution in [0.5, 0.6) is 0 Å². The molecule has 1 N–H and O–H groups in total. The van der Waals surface area contributed by atoms with Crippen LogP contribution in [0.2, 0.25) is 0 Å². The predicted molar refractivity (Wildman–Crippen MR) is 125 cm³/mol. The van der Waals surface area contributed by atoms with Crippen LogP contribution in [0.15, 0.2) is 59.6 Å². The van der Waals surface area contributed by atoms with Gasteiger partial charge in [-0.3, -0.25) is 9.79 Å². The van der Waals surface area contributed by atoms with E-state index in [9.17, 15) is 4.79 Å². The maximum atomic E-state index is 11.7. The van der Waals surface area contributed by atoms with E-state index in [0.717, 1.165) is 25.5 Å². The smallest absolute Gasteiger partial charge is 0.222 e. The Morgan fingerprint density at radius 3 is 2.36 bits per heavy atom. The molecule has 2 aromatic carbocycles. The molecule has 1 amide bonds. The first kappa shape index (κ1) is 22.2. The number of hydrogen-bond donors (Lipinski definition) is 1. The average molecular weight is 492 g/mol. The molecule has 0 atom stereocenters. The number of carbonyl (C=O) groups excluding carboxylic acids is 1. The molecule has 1 aliphatic rings. The zero-order chi connectivity index (χ0) is 19.1. The van der Waals surface area contributed by atoms with Gasteiger partial charge in [-0.2, -0.15) is 0 Å². The number of carbonyl (C=O) groups is 1. The molecular formula is C22H29IN4O. The van der Waals surface area contributed by atoms with Crippen LogP contribution in [0.25, 0.3) is 0 Å². The monoisotopic (exact) mass is 492 g/mol. The van der Waals surface area contributed by atoms with Crippen molar-refractivity contribution in [1.82, 2.24) is 15.1 Å². The summed E-state index contributed by atoms with van der Waals surface area (Å²) < 4.78 is 0. The minimum atomic E-state index is 0. The van der Waals surface area contributed by atoms with Crippen LogP contribution in [0.4, 0.5) is 0 Å². The number of nitrogens with one attached hydrogen (secondary N) is 1. The number of guanidine groups is 1. The Morgan fingerprint density at radius 1 is 1.07 bits per heavy atom. The fraction of sp³-hybridized carbons (Fsp3) is 0.364. The second kappa shape index (κ2) is 11.0. The molecule has 0 aromatic heterocycles. The molecule has 2 aromatic rings. The van der Waals surface area contributed by atoms with Gasteiger partial charge in [-0.1, -0.05) is 54.6 Å². The molecule has 0 spiro atoms. The van der Waals surface area contributed by atoms with Crippen molar-refractivity contribution in [3.63, 3.8) is 0 Å². The lowest BCUT2D eigenvalue weighted by Crippen LogP contribution is -2.38. The number of likely N-dealkylation sites (tertiary alicyclic amines) is 1. The summed E-state index contributed by atoms with van der Waals surface area (Å²) in [4.78, 5) is 20.2. The normalized spacial score (nSPS) is 14.0.